The first-order valence-corrected chi connectivity index (χ1v) is 7.13. The molecule has 1 aliphatic rings. The van der Waals surface area contributed by atoms with E-state index in [4.69, 9.17) is 14.2 Å². The first-order chi connectivity index (χ1) is 10.8. The van der Waals surface area contributed by atoms with Gasteiger partial charge in [0.15, 0.2) is 11.5 Å². The molecule has 1 aliphatic heterocycles. The van der Waals surface area contributed by atoms with Crippen molar-refractivity contribution in [3.63, 3.8) is 0 Å². The number of rotatable bonds is 6. The molecule has 116 valence electrons. The molecule has 5 heteroatoms. The van der Waals surface area contributed by atoms with Crippen LogP contribution in [-0.2, 0) is 6.61 Å². The van der Waals surface area contributed by atoms with Gasteiger partial charge in [-0.1, -0.05) is 30.3 Å². The normalized spacial score (nSPS) is 12.7. The van der Waals surface area contributed by atoms with Crippen LogP contribution >= 0.6 is 0 Å². The molecule has 0 radical (unpaired) electrons. The zero-order chi connectivity index (χ0) is 15.4. The van der Waals surface area contributed by atoms with E-state index in [1.807, 2.05) is 30.3 Å². The Morgan fingerprint density at radius 1 is 1.00 bits per heavy atom. The van der Waals surface area contributed by atoms with E-state index in [0.717, 1.165) is 5.56 Å². The van der Waals surface area contributed by atoms with Crippen molar-refractivity contribution in [2.45, 2.75) is 12.5 Å². The van der Waals surface area contributed by atoms with Crippen LogP contribution in [0.25, 0.3) is 0 Å². The molecule has 22 heavy (non-hydrogen) atoms. The highest BCUT2D eigenvalue weighted by atomic mass is 16.7. The Labute approximate surface area is 128 Å². The highest BCUT2D eigenvalue weighted by Gasteiger charge is 2.22. The van der Waals surface area contributed by atoms with E-state index in [0.29, 0.717) is 29.4 Å². The predicted octanol–water partition coefficient (Wildman–Crippen LogP) is 2.06. The van der Waals surface area contributed by atoms with Crippen molar-refractivity contribution in [1.82, 2.24) is 0 Å². The summed E-state index contributed by atoms with van der Waals surface area (Å²) in [7, 11) is 0. The van der Waals surface area contributed by atoms with Gasteiger partial charge in [0.2, 0.25) is 6.79 Å². The molecular weight excluding hydrogens is 284 g/mol. The number of benzene rings is 2. The van der Waals surface area contributed by atoms with Crippen LogP contribution in [0.5, 0.6) is 17.2 Å². The lowest BCUT2D eigenvalue weighted by Gasteiger charge is -2.18. The number of fused-ring (bicyclic) bond motifs is 1. The minimum Gasteiger partial charge on any atom is -0.488 e. The molecule has 0 saturated heterocycles. The van der Waals surface area contributed by atoms with Gasteiger partial charge in [-0.15, -0.1) is 0 Å². The molecule has 0 spiro atoms. The predicted molar refractivity (Wildman–Crippen MR) is 80.3 cm³/mol. The molecule has 0 fully saturated rings. The summed E-state index contributed by atoms with van der Waals surface area (Å²) in [6.45, 7) is 0.229. The van der Waals surface area contributed by atoms with Crippen molar-refractivity contribution in [3.05, 3.63) is 53.6 Å². The van der Waals surface area contributed by atoms with Crippen LogP contribution in [0.1, 0.15) is 17.0 Å². The van der Waals surface area contributed by atoms with Gasteiger partial charge in [0.1, 0.15) is 12.4 Å². The lowest BCUT2D eigenvalue weighted by molar-refractivity contribution is 0.173. The molecule has 0 bridgehead atoms. The fraction of sp³-hybridized carbons (Fsp3) is 0.294. The van der Waals surface area contributed by atoms with Crippen molar-refractivity contribution in [1.29, 1.82) is 0 Å². The summed E-state index contributed by atoms with van der Waals surface area (Å²) in [5.74, 6) is 1.39. The fourth-order valence-electron chi connectivity index (χ4n) is 2.37. The Balaban J connectivity index is 1.87. The van der Waals surface area contributed by atoms with Gasteiger partial charge in [-0.25, -0.2) is 0 Å². The maximum Gasteiger partial charge on any atom is 0.231 e. The quantitative estimate of drug-likeness (QED) is 0.855. The molecule has 0 unspecified atom stereocenters. The van der Waals surface area contributed by atoms with E-state index < -0.39 is 5.92 Å². The molecule has 0 saturated carbocycles. The van der Waals surface area contributed by atoms with Gasteiger partial charge < -0.3 is 24.4 Å². The second-order valence-corrected chi connectivity index (χ2v) is 5.08. The molecule has 5 nitrogen and oxygen atoms in total. The number of hydrogen-bond donors (Lipinski definition) is 2. The Morgan fingerprint density at radius 3 is 2.36 bits per heavy atom. The van der Waals surface area contributed by atoms with Crippen LogP contribution in [-0.4, -0.2) is 30.2 Å². The maximum atomic E-state index is 9.45. The van der Waals surface area contributed by atoms with E-state index in [1.54, 1.807) is 12.1 Å². The van der Waals surface area contributed by atoms with E-state index in [1.165, 1.54) is 0 Å². The highest BCUT2D eigenvalue weighted by molar-refractivity contribution is 5.53. The third kappa shape index (κ3) is 3.00. The van der Waals surface area contributed by atoms with Crippen LogP contribution in [0, 0.1) is 0 Å². The SMILES string of the molecule is OCC(CO)c1cc2c(cc1OCc1ccccc1)OCO2. The topological polar surface area (TPSA) is 68.2 Å². The molecule has 1 heterocycles. The first kappa shape index (κ1) is 14.7. The number of aliphatic hydroxyl groups excluding tert-OH is 2. The maximum absolute atomic E-state index is 9.45. The molecule has 2 N–H and O–H groups in total. The third-order valence-corrected chi connectivity index (χ3v) is 3.62. The monoisotopic (exact) mass is 302 g/mol. The Morgan fingerprint density at radius 2 is 1.68 bits per heavy atom. The summed E-state index contributed by atoms with van der Waals surface area (Å²) in [4.78, 5) is 0. The summed E-state index contributed by atoms with van der Waals surface area (Å²) in [6.07, 6.45) is 0. The molecule has 0 aliphatic carbocycles. The minimum absolute atomic E-state index is 0.166. The van der Waals surface area contributed by atoms with Gasteiger partial charge in [0.25, 0.3) is 0 Å². The smallest absolute Gasteiger partial charge is 0.231 e. The van der Waals surface area contributed by atoms with Crippen LogP contribution in [0.2, 0.25) is 0 Å². The minimum atomic E-state index is -0.416. The average Bonchev–Trinajstić information content (AvgIpc) is 3.02. The second kappa shape index (κ2) is 6.68. The highest BCUT2D eigenvalue weighted by Crippen LogP contribution is 2.41. The summed E-state index contributed by atoms with van der Waals surface area (Å²) in [5.41, 5.74) is 1.75. The molecule has 3 rings (SSSR count). The van der Waals surface area contributed by atoms with Gasteiger partial charge >= 0.3 is 0 Å². The molecule has 0 atom stereocenters. The van der Waals surface area contributed by atoms with Crippen molar-refractivity contribution < 1.29 is 24.4 Å². The lowest BCUT2D eigenvalue weighted by atomic mass is 9.99. The fourth-order valence-corrected chi connectivity index (χ4v) is 2.37. The van der Waals surface area contributed by atoms with Gasteiger partial charge in [-0.2, -0.15) is 0 Å². The van der Waals surface area contributed by atoms with Gasteiger partial charge in [0, 0.05) is 17.5 Å². The Hall–Kier alpha value is -2.24. The van der Waals surface area contributed by atoms with Crippen molar-refractivity contribution in [3.8, 4) is 17.2 Å². The van der Waals surface area contributed by atoms with Crippen molar-refractivity contribution >= 4 is 0 Å². The zero-order valence-corrected chi connectivity index (χ0v) is 12.1. The Bertz CT molecular complexity index is 622. The van der Waals surface area contributed by atoms with E-state index >= 15 is 0 Å². The lowest BCUT2D eigenvalue weighted by Crippen LogP contribution is -2.11. The molecule has 2 aromatic carbocycles. The average molecular weight is 302 g/mol. The van der Waals surface area contributed by atoms with Crippen LogP contribution < -0.4 is 14.2 Å². The summed E-state index contributed by atoms with van der Waals surface area (Å²) >= 11 is 0. The summed E-state index contributed by atoms with van der Waals surface area (Å²) < 4.78 is 16.6. The zero-order valence-electron chi connectivity index (χ0n) is 12.1. The van der Waals surface area contributed by atoms with E-state index in [9.17, 15) is 10.2 Å². The Kier molecular flexibility index (Phi) is 4.46. The summed E-state index contributed by atoms with van der Waals surface area (Å²) in [6, 6.07) is 13.3. The van der Waals surface area contributed by atoms with Gasteiger partial charge in [0.05, 0.1) is 13.2 Å². The van der Waals surface area contributed by atoms with Crippen LogP contribution in [0.15, 0.2) is 42.5 Å². The molecule has 0 aromatic heterocycles. The number of ether oxygens (including phenoxy) is 3. The van der Waals surface area contributed by atoms with Gasteiger partial charge in [-0.05, 0) is 11.6 Å². The first-order valence-electron chi connectivity index (χ1n) is 7.13. The standard InChI is InChI=1S/C17H18O5/c18-8-13(9-19)14-6-16-17(22-11-21-16)7-15(14)20-10-12-4-2-1-3-5-12/h1-7,13,18-19H,8-11H2. The van der Waals surface area contributed by atoms with Crippen LogP contribution in [0.3, 0.4) is 0 Å². The van der Waals surface area contributed by atoms with Crippen LogP contribution in [0.4, 0.5) is 0 Å². The van der Waals surface area contributed by atoms with Crippen molar-refractivity contribution in [2.75, 3.05) is 20.0 Å². The van der Waals surface area contributed by atoms with E-state index in [2.05, 4.69) is 0 Å². The number of aliphatic hydroxyl groups is 2. The third-order valence-electron chi connectivity index (χ3n) is 3.62. The van der Waals surface area contributed by atoms with Gasteiger partial charge in [-0.3, -0.25) is 0 Å². The van der Waals surface area contributed by atoms with E-state index in [-0.39, 0.29) is 20.0 Å². The molecular formula is C17H18O5. The largest absolute Gasteiger partial charge is 0.488 e. The molecule has 0 amide bonds. The molecule has 2 aromatic rings. The second-order valence-electron chi connectivity index (χ2n) is 5.08. The summed E-state index contributed by atoms with van der Waals surface area (Å²) in [5, 5.41) is 18.9. The number of hydrogen-bond acceptors (Lipinski definition) is 5. The van der Waals surface area contributed by atoms with Crippen molar-refractivity contribution in [2.24, 2.45) is 0 Å².